The van der Waals surface area contributed by atoms with Crippen LogP contribution in [0.4, 0.5) is 20.3 Å². The van der Waals surface area contributed by atoms with Crippen molar-refractivity contribution < 1.29 is 28.3 Å². The van der Waals surface area contributed by atoms with Gasteiger partial charge in [-0.2, -0.15) is 5.10 Å². The first-order chi connectivity index (χ1) is 16.2. The molecule has 1 aromatic heterocycles. The standard InChI is InChI=1S/C23H21ClF2N4O4/c1-2-3-8-30(14-6-4-13(5-7-14)9-21(31)32)23(34)19-12-20(29-28-19)27-22(33)15-10-17(25)18(26)11-16(15)24/h4-7,10-12H,2-3,8-9H2,1H3,(H,31,32)(H2,27,28,29,33). The number of carbonyl (C=O) groups excluding carboxylic acids is 2. The van der Waals surface area contributed by atoms with Gasteiger partial charge in [0.05, 0.1) is 17.0 Å². The van der Waals surface area contributed by atoms with E-state index in [1.54, 1.807) is 24.3 Å². The zero-order valence-electron chi connectivity index (χ0n) is 18.1. The number of aromatic amines is 1. The highest BCUT2D eigenvalue weighted by Gasteiger charge is 2.21. The Hall–Kier alpha value is -3.79. The van der Waals surface area contributed by atoms with Gasteiger partial charge in [-0.05, 0) is 36.2 Å². The molecule has 2 aromatic carbocycles. The number of hydrogen-bond acceptors (Lipinski definition) is 4. The molecule has 178 valence electrons. The number of rotatable bonds is 9. The summed E-state index contributed by atoms with van der Waals surface area (Å²) >= 11 is 5.83. The lowest BCUT2D eigenvalue weighted by Crippen LogP contribution is -2.32. The summed E-state index contributed by atoms with van der Waals surface area (Å²) < 4.78 is 26.7. The molecule has 1 heterocycles. The molecule has 0 radical (unpaired) electrons. The van der Waals surface area contributed by atoms with Gasteiger partial charge in [-0.1, -0.05) is 37.1 Å². The Kier molecular flexibility index (Phi) is 7.95. The van der Waals surface area contributed by atoms with Crippen LogP contribution in [0.5, 0.6) is 0 Å². The van der Waals surface area contributed by atoms with Gasteiger partial charge >= 0.3 is 5.97 Å². The summed E-state index contributed by atoms with van der Waals surface area (Å²) in [4.78, 5) is 38.0. The van der Waals surface area contributed by atoms with E-state index in [4.69, 9.17) is 16.7 Å². The first-order valence-corrected chi connectivity index (χ1v) is 10.7. The quantitative estimate of drug-likeness (QED) is 0.377. The second kappa shape index (κ2) is 10.9. The molecule has 34 heavy (non-hydrogen) atoms. The van der Waals surface area contributed by atoms with E-state index in [0.717, 1.165) is 12.8 Å². The smallest absolute Gasteiger partial charge is 0.307 e. The fourth-order valence-corrected chi connectivity index (χ4v) is 3.39. The predicted octanol–water partition coefficient (Wildman–Crippen LogP) is 4.67. The van der Waals surface area contributed by atoms with E-state index in [2.05, 4.69) is 15.5 Å². The fraction of sp³-hybridized carbons (Fsp3) is 0.217. The maximum absolute atomic E-state index is 13.5. The molecular formula is C23H21ClF2N4O4. The molecule has 0 saturated heterocycles. The van der Waals surface area contributed by atoms with Crippen LogP contribution in [0, 0.1) is 11.6 Å². The van der Waals surface area contributed by atoms with E-state index in [1.807, 2.05) is 6.92 Å². The summed E-state index contributed by atoms with van der Waals surface area (Å²) in [6, 6.07) is 9.28. The van der Waals surface area contributed by atoms with Gasteiger partial charge in [0, 0.05) is 18.3 Å². The van der Waals surface area contributed by atoms with Crippen LogP contribution in [-0.4, -0.2) is 39.6 Å². The van der Waals surface area contributed by atoms with Gasteiger partial charge < -0.3 is 15.3 Å². The van der Waals surface area contributed by atoms with Crippen molar-refractivity contribution in [2.45, 2.75) is 26.2 Å². The number of H-pyrrole nitrogens is 1. The Morgan fingerprint density at radius 2 is 1.79 bits per heavy atom. The molecular weight excluding hydrogens is 470 g/mol. The Morgan fingerprint density at radius 3 is 2.44 bits per heavy atom. The van der Waals surface area contributed by atoms with Crippen molar-refractivity contribution in [3.05, 3.63) is 75.9 Å². The van der Waals surface area contributed by atoms with Gasteiger partial charge in [-0.15, -0.1) is 0 Å². The molecule has 0 bridgehead atoms. The second-order valence-electron chi connectivity index (χ2n) is 7.41. The van der Waals surface area contributed by atoms with Crippen molar-refractivity contribution >= 4 is 40.9 Å². The van der Waals surface area contributed by atoms with Gasteiger partial charge in [0.15, 0.2) is 17.5 Å². The molecule has 0 atom stereocenters. The van der Waals surface area contributed by atoms with Crippen LogP contribution in [0.2, 0.25) is 5.02 Å². The summed E-state index contributed by atoms with van der Waals surface area (Å²) in [5.41, 5.74) is 0.961. The Bertz CT molecular complexity index is 1210. The van der Waals surface area contributed by atoms with Crippen molar-refractivity contribution in [1.82, 2.24) is 10.2 Å². The van der Waals surface area contributed by atoms with Gasteiger partial charge in [0.2, 0.25) is 0 Å². The van der Waals surface area contributed by atoms with E-state index in [0.29, 0.717) is 29.9 Å². The van der Waals surface area contributed by atoms with Crippen LogP contribution in [0.1, 0.15) is 46.2 Å². The molecule has 3 N–H and O–H groups in total. The molecule has 0 aliphatic rings. The van der Waals surface area contributed by atoms with E-state index >= 15 is 0 Å². The third-order valence-electron chi connectivity index (χ3n) is 4.89. The highest BCUT2D eigenvalue weighted by atomic mass is 35.5. The largest absolute Gasteiger partial charge is 0.481 e. The van der Waals surface area contributed by atoms with Crippen LogP contribution in [0.3, 0.4) is 0 Å². The molecule has 3 aromatic rings. The number of nitrogens with one attached hydrogen (secondary N) is 2. The molecule has 0 unspecified atom stereocenters. The van der Waals surface area contributed by atoms with Gasteiger partial charge in [0.25, 0.3) is 11.8 Å². The topological polar surface area (TPSA) is 115 Å². The molecule has 0 aliphatic carbocycles. The fourth-order valence-electron chi connectivity index (χ4n) is 3.15. The lowest BCUT2D eigenvalue weighted by Gasteiger charge is -2.22. The first-order valence-electron chi connectivity index (χ1n) is 10.3. The van der Waals surface area contributed by atoms with Crippen molar-refractivity contribution in [3.63, 3.8) is 0 Å². The molecule has 0 fully saturated rings. The first kappa shape index (κ1) is 24.8. The predicted molar refractivity (Wildman–Crippen MR) is 122 cm³/mol. The van der Waals surface area contributed by atoms with Gasteiger partial charge in [0.1, 0.15) is 5.69 Å². The van der Waals surface area contributed by atoms with Crippen molar-refractivity contribution in [1.29, 1.82) is 0 Å². The summed E-state index contributed by atoms with van der Waals surface area (Å²) in [7, 11) is 0. The summed E-state index contributed by atoms with van der Waals surface area (Å²) in [5.74, 6) is -4.62. The number of amides is 2. The number of nitrogens with zero attached hydrogens (tertiary/aromatic N) is 2. The number of carboxylic acid groups (broad SMARTS) is 1. The van der Waals surface area contributed by atoms with E-state index in [1.165, 1.54) is 11.0 Å². The van der Waals surface area contributed by atoms with Crippen molar-refractivity contribution in [2.75, 3.05) is 16.8 Å². The van der Waals surface area contributed by atoms with Crippen LogP contribution in [0.25, 0.3) is 0 Å². The molecule has 0 spiro atoms. The molecule has 3 rings (SSSR count). The number of carboxylic acids is 1. The maximum atomic E-state index is 13.5. The maximum Gasteiger partial charge on any atom is 0.307 e. The van der Waals surface area contributed by atoms with Crippen LogP contribution in [0.15, 0.2) is 42.5 Å². The Morgan fingerprint density at radius 1 is 1.12 bits per heavy atom. The zero-order valence-corrected chi connectivity index (χ0v) is 18.8. The summed E-state index contributed by atoms with van der Waals surface area (Å²) in [5, 5.41) is 17.5. The third-order valence-corrected chi connectivity index (χ3v) is 5.20. The number of halogens is 3. The lowest BCUT2D eigenvalue weighted by atomic mass is 10.1. The Balaban J connectivity index is 1.78. The molecule has 2 amide bonds. The number of anilines is 2. The van der Waals surface area contributed by atoms with Crippen LogP contribution < -0.4 is 10.2 Å². The monoisotopic (exact) mass is 490 g/mol. The van der Waals surface area contributed by atoms with Gasteiger partial charge in [-0.25, -0.2) is 8.78 Å². The molecule has 0 aliphatic heterocycles. The highest BCUT2D eigenvalue weighted by molar-refractivity contribution is 6.34. The molecule has 8 nitrogen and oxygen atoms in total. The minimum atomic E-state index is -1.23. The number of unbranched alkanes of at least 4 members (excludes halogenated alkanes) is 1. The van der Waals surface area contributed by atoms with Gasteiger partial charge in [-0.3, -0.25) is 19.5 Å². The van der Waals surface area contributed by atoms with Crippen LogP contribution >= 0.6 is 11.6 Å². The minimum absolute atomic E-state index is 0.0126. The van der Waals surface area contributed by atoms with E-state index < -0.39 is 29.4 Å². The minimum Gasteiger partial charge on any atom is -0.481 e. The number of carbonyl (C=O) groups is 3. The number of hydrogen-bond donors (Lipinski definition) is 3. The normalized spacial score (nSPS) is 10.7. The van der Waals surface area contributed by atoms with Crippen molar-refractivity contribution in [2.24, 2.45) is 0 Å². The molecule has 0 saturated carbocycles. The number of aliphatic carboxylic acids is 1. The van der Waals surface area contributed by atoms with Crippen molar-refractivity contribution in [3.8, 4) is 0 Å². The highest BCUT2D eigenvalue weighted by Crippen LogP contribution is 2.23. The van der Waals surface area contributed by atoms with Crippen LogP contribution in [-0.2, 0) is 11.2 Å². The number of aromatic nitrogens is 2. The average Bonchev–Trinajstić information content (AvgIpc) is 3.25. The number of benzene rings is 2. The zero-order chi connectivity index (χ0) is 24.8. The average molecular weight is 491 g/mol. The SMILES string of the molecule is CCCCN(C(=O)c1cc(NC(=O)c2cc(F)c(F)cc2Cl)n[nH]1)c1ccc(CC(=O)O)cc1. The molecule has 11 heteroatoms. The van der Waals surface area contributed by atoms with E-state index in [-0.39, 0.29) is 28.5 Å². The third kappa shape index (κ3) is 5.96. The lowest BCUT2D eigenvalue weighted by molar-refractivity contribution is -0.136. The summed E-state index contributed by atoms with van der Waals surface area (Å²) in [6.07, 6.45) is 1.42. The second-order valence-corrected chi connectivity index (χ2v) is 7.82. The summed E-state index contributed by atoms with van der Waals surface area (Å²) in [6.45, 7) is 2.38. The Labute approximate surface area is 198 Å². The van der Waals surface area contributed by atoms with E-state index in [9.17, 15) is 23.2 Å².